The Morgan fingerprint density at radius 2 is 2.19 bits per heavy atom. The van der Waals surface area contributed by atoms with Gasteiger partial charge < -0.3 is 20.3 Å². The van der Waals surface area contributed by atoms with Crippen molar-refractivity contribution in [3.63, 3.8) is 0 Å². The van der Waals surface area contributed by atoms with Crippen molar-refractivity contribution in [3.05, 3.63) is 42.2 Å². The summed E-state index contributed by atoms with van der Waals surface area (Å²) >= 11 is 0. The molecule has 0 unspecified atom stereocenters. The molecule has 2 aromatic heterocycles. The molecule has 1 aromatic carbocycles. The van der Waals surface area contributed by atoms with Crippen LogP contribution in [-0.2, 0) is 6.42 Å². The second-order valence-corrected chi connectivity index (χ2v) is 6.87. The zero-order chi connectivity index (χ0) is 17.9. The van der Waals surface area contributed by atoms with Gasteiger partial charge in [-0.1, -0.05) is 13.3 Å². The monoisotopic (exact) mass is 351 g/mol. The minimum absolute atomic E-state index is 0.156. The quantitative estimate of drug-likeness (QED) is 0.632. The van der Waals surface area contributed by atoms with Gasteiger partial charge in [-0.3, -0.25) is 0 Å². The number of benzene rings is 1. The van der Waals surface area contributed by atoms with E-state index < -0.39 is 0 Å². The Hall–Kier alpha value is -2.60. The van der Waals surface area contributed by atoms with Gasteiger partial charge in [0.1, 0.15) is 5.82 Å². The van der Waals surface area contributed by atoms with Crippen LogP contribution in [-0.4, -0.2) is 39.3 Å². The molecule has 3 aromatic rings. The van der Waals surface area contributed by atoms with E-state index in [0.29, 0.717) is 5.95 Å². The molecule has 6 nitrogen and oxygen atoms in total. The summed E-state index contributed by atoms with van der Waals surface area (Å²) in [6, 6.07) is 10.4. The maximum Gasteiger partial charge on any atom is 0.229 e. The molecular weight excluding hydrogens is 326 g/mol. The predicted octanol–water partition coefficient (Wildman–Crippen LogP) is 3.62. The maximum atomic E-state index is 9.65. The van der Waals surface area contributed by atoms with E-state index in [9.17, 15) is 5.11 Å². The Labute approximate surface area is 153 Å². The third-order valence-electron chi connectivity index (χ3n) is 4.96. The van der Waals surface area contributed by atoms with Gasteiger partial charge in [0.25, 0.3) is 0 Å². The summed E-state index contributed by atoms with van der Waals surface area (Å²) in [5, 5.41) is 14.2. The van der Waals surface area contributed by atoms with Crippen LogP contribution in [0.5, 0.6) is 0 Å². The van der Waals surface area contributed by atoms with Gasteiger partial charge in [-0.25, -0.2) is 4.98 Å². The van der Waals surface area contributed by atoms with Crippen LogP contribution in [0, 0.1) is 0 Å². The van der Waals surface area contributed by atoms with Gasteiger partial charge in [0.05, 0.1) is 12.6 Å². The number of hydrogen-bond acceptors (Lipinski definition) is 5. The van der Waals surface area contributed by atoms with Crippen LogP contribution >= 0.6 is 0 Å². The average Bonchev–Trinajstić information content (AvgIpc) is 3.30. The molecule has 1 aliphatic rings. The number of aromatic nitrogens is 3. The summed E-state index contributed by atoms with van der Waals surface area (Å²) in [7, 11) is 0. The van der Waals surface area contributed by atoms with Gasteiger partial charge in [-0.15, -0.1) is 0 Å². The highest BCUT2D eigenvalue weighted by Crippen LogP contribution is 2.27. The van der Waals surface area contributed by atoms with Crippen LogP contribution in [0.25, 0.3) is 10.9 Å². The summed E-state index contributed by atoms with van der Waals surface area (Å²) < 4.78 is 0. The zero-order valence-corrected chi connectivity index (χ0v) is 15.1. The SMILES string of the molecule is CCCc1cc(N2CCC[C@H]2CO)nc(Nc2ccc3[nH]ccc3c2)n1. The highest BCUT2D eigenvalue weighted by molar-refractivity contribution is 5.83. The molecule has 0 aliphatic carbocycles. The first kappa shape index (κ1) is 16.8. The molecule has 1 atom stereocenters. The van der Waals surface area contributed by atoms with Gasteiger partial charge in [0.15, 0.2) is 0 Å². The summed E-state index contributed by atoms with van der Waals surface area (Å²) in [5.41, 5.74) is 3.11. The van der Waals surface area contributed by atoms with Crippen molar-refractivity contribution in [2.75, 3.05) is 23.4 Å². The second-order valence-electron chi connectivity index (χ2n) is 6.87. The lowest BCUT2D eigenvalue weighted by atomic mass is 10.2. The van der Waals surface area contributed by atoms with Crippen LogP contribution < -0.4 is 10.2 Å². The minimum atomic E-state index is 0.156. The van der Waals surface area contributed by atoms with Crippen LogP contribution in [0.4, 0.5) is 17.5 Å². The Morgan fingerprint density at radius 3 is 3.04 bits per heavy atom. The minimum Gasteiger partial charge on any atom is -0.394 e. The largest absolute Gasteiger partial charge is 0.394 e. The van der Waals surface area contributed by atoms with Gasteiger partial charge in [0, 0.05) is 41.1 Å². The van der Waals surface area contributed by atoms with Crippen molar-refractivity contribution >= 4 is 28.4 Å². The fourth-order valence-corrected chi connectivity index (χ4v) is 3.66. The Kier molecular flexibility index (Phi) is 4.75. The van der Waals surface area contributed by atoms with Crippen molar-refractivity contribution in [1.82, 2.24) is 15.0 Å². The van der Waals surface area contributed by atoms with Crippen LogP contribution in [0.3, 0.4) is 0 Å². The number of aliphatic hydroxyl groups excluding tert-OH is 1. The molecule has 0 radical (unpaired) electrons. The zero-order valence-electron chi connectivity index (χ0n) is 15.1. The molecule has 4 rings (SSSR count). The van der Waals surface area contributed by atoms with E-state index in [4.69, 9.17) is 4.98 Å². The predicted molar refractivity (Wildman–Crippen MR) is 105 cm³/mol. The molecule has 0 spiro atoms. The van der Waals surface area contributed by atoms with E-state index in [0.717, 1.165) is 60.3 Å². The van der Waals surface area contributed by atoms with E-state index in [1.54, 1.807) is 0 Å². The molecule has 1 saturated heterocycles. The van der Waals surface area contributed by atoms with Gasteiger partial charge >= 0.3 is 0 Å². The molecule has 0 bridgehead atoms. The molecule has 26 heavy (non-hydrogen) atoms. The van der Waals surface area contributed by atoms with Crippen LogP contribution in [0.2, 0.25) is 0 Å². The van der Waals surface area contributed by atoms with Gasteiger partial charge in [-0.05, 0) is 43.5 Å². The third-order valence-corrected chi connectivity index (χ3v) is 4.96. The summed E-state index contributed by atoms with van der Waals surface area (Å²) in [5.74, 6) is 1.52. The van der Waals surface area contributed by atoms with Gasteiger partial charge in [-0.2, -0.15) is 4.98 Å². The van der Waals surface area contributed by atoms with Crippen molar-refractivity contribution in [3.8, 4) is 0 Å². The standard InChI is InChI=1S/C20H25N5O/c1-2-4-15-12-19(25-10-3-5-17(25)13-26)24-20(22-15)23-16-6-7-18-14(11-16)8-9-21-18/h6-9,11-12,17,21,26H,2-5,10,13H2,1H3,(H,22,23,24)/t17-/m0/s1. The molecule has 3 N–H and O–H groups in total. The number of hydrogen-bond donors (Lipinski definition) is 3. The highest BCUT2D eigenvalue weighted by Gasteiger charge is 2.25. The Balaban J connectivity index is 1.65. The number of aryl methyl sites for hydroxylation is 1. The third kappa shape index (κ3) is 3.37. The first-order valence-corrected chi connectivity index (χ1v) is 9.36. The van der Waals surface area contributed by atoms with E-state index in [2.05, 4.69) is 51.4 Å². The molecule has 136 valence electrons. The van der Waals surface area contributed by atoms with Crippen molar-refractivity contribution in [1.29, 1.82) is 0 Å². The fourth-order valence-electron chi connectivity index (χ4n) is 3.66. The number of aliphatic hydroxyl groups is 1. The first-order valence-electron chi connectivity index (χ1n) is 9.36. The molecule has 0 saturated carbocycles. The summed E-state index contributed by atoms with van der Waals surface area (Å²) in [6.45, 7) is 3.25. The number of fused-ring (bicyclic) bond motifs is 1. The van der Waals surface area contributed by atoms with E-state index in [1.807, 2.05) is 12.3 Å². The number of nitrogens with one attached hydrogen (secondary N) is 2. The normalized spacial score (nSPS) is 17.2. The smallest absolute Gasteiger partial charge is 0.229 e. The summed E-state index contributed by atoms with van der Waals surface area (Å²) in [4.78, 5) is 14.8. The van der Waals surface area contributed by atoms with Gasteiger partial charge in [0.2, 0.25) is 5.95 Å². The first-order chi connectivity index (χ1) is 12.8. The number of H-pyrrole nitrogens is 1. The molecule has 1 fully saturated rings. The fraction of sp³-hybridized carbons (Fsp3) is 0.400. The second kappa shape index (κ2) is 7.33. The lowest BCUT2D eigenvalue weighted by Crippen LogP contribution is -2.33. The number of anilines is 3. The molecular formula is C20H25N5O. The highest BCUT2D eigenvalue weighted by atomic mass is 16.3. The lowest BCUT2D eigenvalue weighted by Gasteiger charge is -2.25. The van der Waals surface area contributed by atoms with Crippen molar-refractivity contribution < 1.29 is 5.11 Å². The maximum absolute atomic E-state index is 9.65. The van der Waals surface area contributed by atoms with Crippen LogP contribution in [0.15, 0.2) is 36.5 Å². The average molecular weight is 351 g/mol. The number of aromatic amines is 1. The number of nitrogens with zero attached hydrogens (tertiary/aromatic N) is 3. The van der Waals surface area contributed by atoms with Crippen molar-refractivity contribution in [2.45, 2.75) is 38.6 Å². The Morgan fingerprint density at radius 1 is 1.27 bits per heavy atom. The Bertz CT molecular complexity index is 891. The van der Waals surface area contributed by atoms with Crippen molar-refractivity contribution in [2.24, 2.45) is 0 Å². The molecule has 0 amide bonds. The van der Waals surface area contributed by atoms with E-state index in [1.165, 1.54) is 0 Å². The van der Waals surface area contributed by atoms with E-state index in [-0.39, 0.29) is 12.6 Å². The molecule has 3 heterocycles. The number of rotatable bonds is 6. The van der Waals surface area contributed by atoms with E-state index >= 15 is 0 Å². The summed E-state index contributed by atoms with van der Waals surface area (Å²) in [6.07, 6.45) is 5.99. The van der Waals surface area contributed by atoms with Crippen LogP contribution in [0.1, 0.15) is 31.9 Å². The molecule has 6 heteroatoms. The topological polar surface area (TPSA) is 77.1 Å². The lowest BCUT2D eigenvalue weighted by molar-refractivity contribution is 0.266. The molecule has 1 aliphatic heterocycles.